The SMILES string of the molecule is CC(C)(C)OC(=O)CN(CC(=O)OC(C)(C)C)CC(Br)Cc1ccc([N+](=O)[O-])cc1. The van der Waals surface area contributed by atoms with Crippen LogP contribution >= 0.6 is 15.9 Å². The number of benzene rings is 1. The van der Waals surface area contributed by atoms with Crippen molar-refractivity contribution in [3.63, 3.8) is 0 Å². The lowest BCUT2D eigenvalue weighted by atomic mass is 10.1. The predicted octanol–water partition coefficient (Wildman–Crippen LogP) is 3.89. The third-order valence-corrected chi connectivity index (χ3v) is 4.22. The zero-order valence-corrected chi connectivity index (χ0v) is 20.0. The molecule has 0 heterocycles. The molecule has 0 fully saturated rings. The third-order valence-electron chi connectivity index (χ3n) is 3.61. The normalized spacial score (nSPS) is 13.1. The number of nitro groups is 1. The Hall–Kier alpha value is -2.00. The van der Waals surface area contributed by atoms with Gasteiger partial charge in [-0.15, -0.1) is 0 Å². The van der Waals surface area contributed by atoms with E-state index in [1.165, 1.54) is 12.1 Å². The van der Waals surface area contributed by atoms with Crippen molar-refractivity contribution < 1.29 is 24.0 Å². The lowest BCUT2D eigenvalue weighted by Crippen LogP contribution is -2.42. The van der Waals surface area contributed by atoms with Crippen LogP contribution in [0.5, 0.6) is 0 Å². The maximum atomic E-state index is 12.3. The van der Waals surface area contributed by atoms with Gasteiger partial charge in [0.2, 0.25) is 0 Å². The van der Waals surface area contributed by atoms with Crippen LogP contribution in [0.25, 0.3) is 0 Å². The number of hydrogen-bond acceptors (Lipinski definition) is 7. The fourth-order valence-electron chi connectivity index (χ4n) is 2.65. The number of halogens is 1. The first-order valence-electron chi connectivity index (χ1n) is 9.68. The minimum Gasteiger partial charge on any atom is -0.459 e. The highest BCUT2D eigenvalue weighted by atomic mass is 79.9. The van der Waals surface area contributed by atoms with Crippen molar-refractivity contribution in [2.24, 2.45) is 0 Å². The standard InChI is InChI=1S/C21H31BrN2O6/c1-20(2,3)29-18(25)13-23(14-19(26)30-21(4,5)6)12-16(22)11-15-7-9-17(10-8-15)24(27)28/h7-10,16H,11-14H2,1-6H3. The second kappa shape index (κ2) is 10.9. The van der Waals surface area contributed by atoms with Crippen molar-refractivity contribution >= 4 is 33.6 Å². The zero-order chi connectivity index (χ0) is 23.1. The summed E-state index contributed by atoms with van der Waals surface area (Å²) in [4.78, 5) is 36.5. The van der Waals surface area contributed by atoms with E-state index in [2.05, 4.69) is 15.9 Å². The van der Waals surface area contributed by atoms with E-state index >= 15 is 0 Å². The highest BCUT2D eigenvalue weighted by molar-refractivity contribution is 9.09. The molecule has 0 N–H and O–H groups in total. The van der Waals surface area contributed by atoms with Crippen LogP contribution in [0, 0.1) is 10.1 Å². The molecule has 8 nitrogen and oxygen atoms in total. The Bertz CT molecular complexity index is 707. The number of ether oxygens (including phenoxy) is 2. The van der Waals surface area contributed by atoms with Crippen LogP contribution in [-0.2, 0) is 25.5 Å². The molecular formula is C21H31BrN2O6. The van der Waals surface area contributed by atoms with Gasteiger partial charge in [-0.25, -0.2) is 0 Å². The summed E-state index contributed by atoms with van der Waals surface area (Å²) < 4.78 is 10.7. The van der Waals surface area contributed by atoms with Crippen molar-refractivity contribution in [2.75, 3.05) is 19.6 Å². The largest absolute Gasteiger partial charge is 0.459 e. The Morgan fingerprint density at radius 2 is 1.43 bits per heavy atom. The molecule has 9 heteroatoms. The first-order valence-corrected chi connectivity index (χ1v) is 10.6. The molecule has 0 amide bonds. The zero-order valence-electron chi connectivity index (χ0n) is 18.4. The quantitative estimate of drug-likeness (QED) is 0.226. The summed E-state index contributed by atoms with van der Waals surface area (Å²) in [6.07, 6.45) is 0.567. The third kappa shape index (κ3) is 11.3. The van der Waals surface area contributed by atoms with Crippen LogP contribution < -0.4 is 0 Å². The molecule has 1 aromatic rings. The van der Waals surface area contributed by atoms with Gasteiger partial charge >= 0.3 is 11.9 Å². The summed E-state index contributed by atoms with van der Waals surface area (Å²) in [7, 11) is 0. The number of nitro benzene ring substituents is 1. The lowest BCUT2D eigenvalue weighted by Gasteiger charge is -2.27. The molecular weight excluding hydrogens is 456 g/mol. The molecule has 1 rings (SSSR count). The molecule has 0 radical (unpaired) electrons. The topological polar surface area (TPSA) is 99.0 Å². The van der Waals surface area contributed by atoms with E-state index in [0.717, 1.165) is 5.56 Å². The molecule has 168 valence electrons. The Kier molecular flexibility index (Phi) is 9.42. The van der Waals surface area contributed by atoms with Gasteiger partial charge in [0.25, 0.3) is 5.69 Å². The summed E-state index contributed by atoms with van der Waals surface area (Å²) in [5, 5.41) is 10.8. The highest BCUT2D eigenvalue weighted by Gasteiger charge is 2.25. The van der Waals surface area contributed by atoms with Gasteiger partial charge in [-0.05, 0) is 53.5 Å². The fourth-order valence-corrected chi connectivity index (χ4v) is 3.44. The Morgan fingerprint density at radius 1 is 1.00 bits per heavy atom. The summed E-state index contributed by atoms with van der Waals surface area (Å²) in [6, 6.07) is 6.29. The number of carbonyl (C=O) groups is 2. The molecule has 0 saturated heterocycles. The number of alkyl halides is 1. The van der Waals surface area contributed by atoms with E-state index < -0.39 is 28.1 Å². The lowest BCUT2D eigenvalue weighted by molar-refractivity contribution is -0.384. The minimum atomic E-state index is -0.624. The molecule has 0 aliphatic rings. The number of esters is 2. The fraction of sp³-hybridized carbons (Fsp3) is 0.619. The molecule has 1 atom stereocenters. The van der Waals surface area contributed by atoms with Crippen molar-refractivity contribution in [1.82, 2.24) is 4.90 Å². The van der Waals surface area contributed by atoms with Gasteiger partial charge in [0.05, 0.1) is 18.0 Å². The minimum absolute atomic E-state index is 0.0290. The molecule has 1 aromatic carbocycles. The average Bonchev–Trinajstić information content (AvgIpc) is 2.51. The van der Waals surface area contributed by atoms with Crippen LogP contribution in [0.15, 0.2) is 24.3 Å². The summed E-state index contributed by atoms with van der Waals surface area (Å²) in [5.74, 6) is -0.859. The first kappa shape index (κ1) is 26.0. The summed E-state index contributed by atoms with van der Waals surface area (Å²) in [6.45, 7) is 11.0. The first-order chi connectivity index (χ1) is 13.6. The van der Waals surface area contributed by atoms with E-state index in [9.17, 15) is 19.7 Å². The van der Waals surface area contributed by atoms with Crippen molar-refractivity contribution in [2.45, 2.75) is 64.0 Å². The Balaban J connectivity index is 2.79. The maximum Gasteiger partial charge on any atom is 0.320 e. The molecule has 0 spiro atoms. The van der Waals surface area contributed by atoms with Gasteiger partial charge in [-0.1, -0.05) is 28.1 Å². The molecule has 30 heavy (non-hydrogen) atoms. The van der Waals surface area contributed by atoms with Gasteiger partial charge in [-0.2, -0.15) is 0 Å². The second-order valence-electron chi connectivity index (χ2n) is 9.07. The molecule has 0 bridgehead atoms. The molecule has 0 aromatic heterocycles. The van der Waals surface area contributed by atoms with E-state index in [4.69, 9.17) is 9.47 Å². The predicted molar refractivity (Wildman–Crippen MR) is 118 cm³/mol. The van der Waals surface area contributed by atoms with Crippen LogP contribution in [0.4, 0.5) is 5.69 Å². The van der Waals surface area contributed by atoms with Crippen LogP contribution in [0.2, 0.25) is 0 Å². The van der Waals surface area contributed by atoms with Crippen LogP contribution in [0.3, 0.4) is 0 Å². The summed E-state index contributed by atoms with van der Waals surface area (Å²) in [5.41, 5.74) is -0.319. The van der Waals surface area contributed by atoms with E-state index in [1.54, 1.807) is 58.6 Å². The van der Waals surface area contributed by atoms with Gasteiger partial charge in [0, 0.05) is 23.5 Å². The second-order valence-corrected chi connectivity index (χ2v) is 10.4. The Morgan fingerprint density at radius 3 is 1.80 bits per heavy atom. The van der Waals surface area contributed by atoms with Gasteiger partial charge in [-0.3, -0.25) is 24.6 Å². The van der Waals surface area contributed by atoms with Crippen LogP contribution in [0.1, 0.15) is 47.1 Å². The number of rotatable bonds is 9. The van der Waals surface area contributed by atoms with Gasteiger partial charge in [0.1, 0.15) is 11.2 Å². The highest BCUT2D eigenvalue weighted by Crippen LogP contribution is 2.17. The molecule has 0 saturated carbocycles. The van der Waals surface area contributed by atoms with Crippen molar-refractivity contribution in [1.29, 1.82) is 0 Å². The van der Waals surface area contributed by atoms with Gasteiger partial charge in [0.15, 0.2) is 0 Å². The van der Waals surface area contributed by atoms with E-state index in [1.807, 2.05) is 0 Å². The van der Waals surface area contributed by atoms with E-state index in [0.29, 0.717) is 13.0 Å². The van der Waals surface area contributed by atoms with Crippen molar-refractivity contribution in [3.8, 4) is 0 Å². The smallest absolute Gasteiger partial charge is 0.320 e. The summed E-state index contributed by atoms with van der Waals surface area (Å²) >= 11 is 3.59. The number of hydrogen-bond donors (Lipinski definition) is 0. The number of carbonyl (C=O) groups excluding carboxylic acids is 2. The number of nitrogens with zero attached hydrogens (tertiary/aromatic N) is 2. The maximum absolute atomic E-state index is 12.3. The van der Waals surface area contributed by atoms with Crippen LogP contribution in [-0.4, -0.2) is 57.4 Å². The molecule has 1 unspecified atom stereocenters. The Labute approximate surface area is 186 Å². The molecule has 0 aliphatic carbocycles. The van der Waals surface area contributed by atoms with Gasteiger partial charge < -0.3 is 9.47 Å². The number of non-ortho nitro benzene ring substituents is 1. The molecule has 0 aliphatic heterocycles. The monoisotopic (exact) mass is 486 g/mol. The van der Waals surface area contributed by atoms with E-state index in [-0.39, 0.29) is 23.6 Å². The van der Waals surface area contributed by atoms with Crippen molar-refractivity contribution in [3.05, 3.63) is 39.9 Å². The average molecular weight is 487 g/mol.